The molecule has 1 saturated heterocycles. The van der Waals surface area contributed by atoms with Crippen molar-refractivity contribution in [1.29, 1.82) is 0 Å². The number of nitrogens with two attached hydrogens (primary N) is 2. The lowest BCUT2D eigenvalue weighted by Gasteiger charge is -2.39. The average molecular weight is 537 g/mol. The Balaban J connectivity index is 1.17. The minimum absolute atomic E-state index is 0.138. The molecule has 1 atom stereocenters. The quantitative estimate of drug-likeness (QED) is 0.427. The number of benzene rings is 1. The standard InChI is InChI=1S/C28H40N8O3/c1-28(2,30)25(37)34-9-11-35(12-10-34)26(38)32-24-7-8-36(27(39)33-24)23-6-4-19-15-21(5-3-20(19)16-23)31-22-13-18(14-22)17-29/h4,6-8,16,18,21-22,31H,3,5,9-15,17,29-30H2,1-2H3,(H,32,33,38,39)/t18-,21?,22-. The van der Waals surface area contributed by atoms with Crippen LogP contribution in [-0.2, 0) is 17.6 Å². The third-order valence-corrected chi connectivity index (χ3v) is 8.18. The number of piperazine rings is 1. The van der Waals surface area contributed by atoms with E-state index < -0.39 is 11.2 Å². The van der Waals surface area contributed by atoms with Crippen LogP contribution in [-0.4, -0.2) is 81.6 Å². The number of anilines is 1. The van der Waals surface area contributed by atoms with Crippen LogP contribution in [0.1, 0.15) is 44.2 Å². The highest BCUT2D eigenvalue weighted by Gasteiger charge is 2.32. The second-order valence-corrected chi connectivity index (χ2v) is 11.7. The molecule has 1 unspecified atom stereocenters. The molecule has 2 fully saturated rings. The highest BCUT2D eigenvalue weighted by Crippen LogP contribution is 2.29. The van der Waals surface area contributed by atoms with Crippen molar-refractivity contribution in [2.75, 3.05) is 38.0 Å². The maximum atomic E-state index is 12.9. The fraction of sp³-hybridized carbons (Fsp3) is 0.571. The van der Waals surface area contributed by atoms with Crippen molar-refractivity contribution in [3.05, 3.63) is 52.1 Å². The Bertz CT molecular complexity index is 1270. The average Bonchev–Trinajstić information content (AvgIpc) is 2.89. The van der Waals surface area contributed by atoms with Crippen LogP contribution in [0.15, 0.2) is 35.3 Å². The summed E-state index contributed by atoms with van der Waals surface area (Å²) in [6.45, 7) is 5.71. The van der Waals surface area contributed by atoms with Crippen molar-refractivity contribution in [2.24, 2.45) is 17.4 Å². The van der Waals surface area contributed by atoms with E-state index in [9.17, 15) is 14.4 Å². The van der Waals surface area contributed by atoms with E-state index in [0.717, 1.165) is 31.5 Å². The topological polar surface area (TPSA) is 152 Å². The summed E-state index contributed by atoms with van der Waals surface area (Å²) in [6, 6.07) is 8.49. The van der Waals surface area contributed by atoms with E-state index >= 15 is 0 Å². The van der Waals surface area contributed by atoms with Crippen molar-refractivity contribution in [2.45, 2.75) is 63.6 Å². The number of amides is 3. The predicted octanol–water partition coefficient (Wildman–Crippen LogP) is 0.830. The molecule has 1 aliphatic heterocycles. The fourth-order valence-corrected chi connectivity index (χ4v) is 5.81. The Morgan fingerprint density at radius 2 is 1.77 bits per heavy atom. The Hall–Kier alpha value is -3.28. The highest BCUT2D eigenvalue weighted by molar-refractivity contribution is 5.89. The number of rotatable bonds is 6. The second-order valence-electron chi connectivity index (χ2n) is 11.7. The summed E-state index contributed by atoms with van der Waals surface area (Å²) >= 11 is 0. The molecule has 3 amide bonds. The van der Waals surface area contributed by atoms with Gasteiger partial charge in [0, 0.05) is 44.5 Å². The van der Waals surface area contributed by atoms with Crippen LogP contribution in [0.2, 0.25) is 0 Å². The number of aromatic nitrogens is 2. The minimum Gasteiger partial charge on any atom is -0.338 e. The van der Waals surface area contributed by atoms with E-state index in [2.05, 4.69) is 27.8 Å². The van der Waals surface area contributed by atoms with Gasteiger partial charge in [0.15, 0.2) is 0 Å². The molecular formula is C28H40N8O3. The van der Waals surface area contributed by atoms with E-state index in [1.807, 2.05) is 6.07 Å². The van der Waals surface area contributed by atoms with E-state index in [1.165, 1.54) is 28.5 Å². The first-order chi connectivity index (χ1) is 18.6. The molecule has 1 aromatic heterocycles. The third-order valence-electron chi connectivity index (χ3n) is 8.18. The van der Waals surface area contributed by atoms with Crippen LogP contribution in [0.25, 0.3) is 5.69 Å². The molecule has 11 heteroatoms. The monoisotopic (exact) mass is 536 g/mol. The maximum absolute atomic E-state index is 12.9. The van der Waals surface area contributed by atoms with Crippen LogP contribution in [0.3, 0.4) is 0 Å². The molecule has 2 aliphatic carbocycles. The molecule has 210 valence electrons. The number of aryl methyl sites for hydroxylation is 1. The van der Waals surface area contributed by atoms with Crippen molar-refractivity contribution < 1.29 is 9.59 Å². The molecule has 0 bridgehead atoms. The summed E-state index contributed by atoms with van der Waals surface area (Å²) in [7, 11) is 0. The molecule has 5 rings (SSSR count). The summed E-state index contributed by atoms with van der Waals surface area (Å²) in [5.74, 6) is 0.730. The molecule has 1 saturated carbocycles. The van der Waals surface area contributed by atoms with Gasteiger partial charge in [0.1, 0.15) is 5.82 Å². The number of urea groups is 1. The van der Waals surface area contributed by atoms with Crippen LogP contribution >= 0.6 is 0 Å². The Labute approximate surface area is 228 Å². The number of hydrogen-bond donors (Lipinski definition) is 4. The number of nitrogens with one attached hydrogen (secondary N) is 2. The maximum Gasteiger partial charge on any atom is 0.354 e. The highest BCUT2D eigenvalue weighted by atomic mass is 16.2. The zero-order valence-corrected chi connectivity index (χ0v) is 22.9. The smallest absolute Gasteiger partial charge is 0.338 e. The Morgan fingerprint density at radius 1 is 1.05 bits per heavy atom. The van der Waals surface area contributed by atoms with Crippen LogP contribution in [0.5, 0.6) is 0 Å². The lowest BCUT2D eigenvalue weighted by atomic mass is 9.79. The number of nitrogens with zero attached hydrogens (tertiary/aromatic N) is 4. The first kappa shape index (κ1) is 27.3. The molecule has 2 heterocycles. The first-order valence-corrected chi connectivity index (χ1v) is 13.9. The zero-order valence-electron chi connectivity index (χ0n) is 22.9. The molecule has 6 N–H and O–H groups in total. The van der Waals surface area contributed by atoms with Gasteiger partial charge < -0.3 is 26.6 Å². The van der Waals surface area contributed by atoms with E-state index in [-0.39, 0.29) is 17.8 Å². The normalized spacial score (nSPS) is 23.1. The minimum atomic E-state index is -0.944. The van der Waals surface area contributed by atoms with Crippen LogP contribution in [0, 0.1) is 5.92 Å². The van der Waals surface area contributed by atoms with Gasteiger partial charge in [-0.2, -0.15) is 4.98 Å². The summed E-state index contributed by atoms with van der Waals surface area (Å²) in [5, 5.41) is 6.51. The van der Waals surface area contributed by atoms with Gasteiger partial charge >= 0.3 is 11.7 Å². The van der Waals surface area contributed by atoms with Crippen molar-refractivity contribution in [3.8, 4) is 5.69 Å². The molecule has 2 aromatic rings. The van der Waals surface area contributed by atoms with E-state index in [4.69, 9.17) is 11.5 Å². The number of carbonyl (C=O) groups excluding carboxylic acids is 2. The second kappa shape index (κ2) is 11.1. The summed E-state index contributed by atoms with van der Waals surface area (Å²) in [5.41, 5.74) is 13.6. The molecule has 1 aromatic carbocycles. The van der Waals surface area contributed by atoms with Gasteiger partial charge in [0.2, 0.25) is 5.91 Å². The lowest BCUT2D eigenvalue weighted by molar-refractivity contribution is -0.137. The van der Waals surface area contributed by atoms with Crippen LogP contribution in [0.4, 0.5) is 10.6 Å². The SMILES string of the molecule is CC(C)(N)C(=O)N1CCN(C(=O)Nc2ccn(-c3ccc4c(c3)CCC(N[C@H]3C[C@H](CN)C3)C4)c(=O)n2)CC1. The van der Waals surface area contributed by atoms with Gasteiger partial charge in [-0.05, 0) is 87.7 Å². The summed E-state index contributed by atoms with van der Waals surface area (Å²) < 4.78 is 1.50. The molecule has 0 spiro atoms. The van der Waals surface area contributed by atoms with Gasteiger partial charge in [-0.1, -0.05) is 6.07 Å². The number of hydrogen-bond acceptors (Lipinski definition) is 7. The van der Waals surface area contributed by atoms with Crippen molar-refractivity contribution >= 4 is 17.8 Å². The van der Waals surface area contributed by atoms with Gasteiger partial charge in [-0.25, -0.2) is 9.59 Å². The van der Waals surface area contributed by atoms with Crippen LogP contribution < -0.4 is 27.8 Å². The molecule has 11 nitrogen and oxygen atoms in total. The van der Waals surface area contributed by atoms with E-state index in [0.29, 0.717) is 44.2 Å². The van der Waals surface area contributed by atoms with Crippen molar-refractivity contribution in [3.63, 3.8) is 0 Å². The largest absolute Gasteiger partial charge is 0.354 e. The Morgan fingerprint density at radius 3 is 2.44 bits per heavy atom. The van der Waals surface area contributed by atoms with Gasteiger partial charge in [0.05, 0.1) is 11.2 Å². The lowest BCUT2D eigenvalue weighted by Crippen LogP contribution is -2.58. The summed E-state index contributed by atoms with van der Waals surface area (Å²) in [4.78, 5) is 45.3. The zero-order chi connectivity index (χ0) is 27.7. The molecule has 39 heavy (non-hydrogen) atoms. The predicted molar refractivity (Wildman–Crippen MR) is 150 cm³/mol. The van der Waals surface area contributed by atoms with Gasteiger partial charge in [-0.3, -0.25) is 14.7 Å². The number of carbonyl (C=O) groups is 2. The first-order valence-electron chi connectivity index (χ1n) is 13.9. The molecular weight excluding hydrogens is 496 g/mol. The Kier molecular flexibility index (Phi) is 7.75. The van der Waals surface area contributed by atoms with Gasteiger partial charge in [-0.15, -0.1) is 0 Å². The fourth-order valence-electron chi connectivity index (χ4n) is 5.81. The third kappa shape index (κ3) is 6.15. The summed E-state index contributed by atoms with van der Waals surface area (Å²) in [6.07, 6.45) is 7.02. The number of fused-ring (bicyclic) bond motifs is 1. The van der Waals surface area contributed by atoms with E-state index in [1.54, 1.807) is 35.9 Å². The van der Waals surface area contributed by atoms with Gasteiger partial charge in [0.25, 0.3) is 0 Å². The molecule has 3 aliphatic rings. The molecule has 0 radical (unpaired) electrons. The van der Waals surface area contributed by atoms with Crippen molar-refractivity contribution in [1.82, 2.24) is 24.7 Å².